The molecule has 0 bridgehead atoms. The number of benzene rings is 3. The predicted molar refractivity (Wildman–Crippen MR) is 128 cm³/mol. The summed E-state index contributed by atoms with van der Waals surface area (Å²) in [6.45, 7) is 1.72. The zero-order chi connectivity index (χ0) is 25.1. The summed E-state index contributed by atoms with van der Waals surface area (Å²) >= 11 is 0. The van der Waals surface area contributed by atoms with Gasteiger partial charge in [0.25, 0.3) is 5.56 Å². The summed E-state index contributed by atoms with van der Waals surface area (Å²) in [4.78, 5) is 13.6. The average Bonchev–Trinajstić information content (AvgIpc) is 2.82. The van der Waals surface area contributed by atoms with Crippen LogP contribution in [0.4, 0.5) is 8.78 Å². The van der Waals surface area contributed by atoms with Gasteiger partial charge in [0.2, 0.25) is 0 Å². The van der Waals surface area contributed by atoms with Crippen LogP contribution in [0.25, 0.3) is 11.1 Å². The highest BCUT2D eigenvalue weighted by Gasteiger charge is 2.21. The summed E-state index contributed by atoms with van der Waals surface area (Å²) < 4.78 is 34.3. The Hall–Kier alpha value is -4.20. The molecule has 8 heteroatoms. The van der Waals surface area contributed by atoms with Gasteiger partial charge in [0.15, 0.2) is 11.6 Å². The molecule has 0 spiro atoms. The number of hydrogen-bond donors (Lipinski definition) is 2. The number of phenols is 2. The van der Waals surface area contributed by atoms with E-state index in [0.717, 1.165) is 6.07 Å². The van der Waals surface area contributed by atoms with Crippen LogP contribution in [0.2, 0.25) is 0 Å². The van der Waals surface area contributed by atoms with E-state index >= 15 is 0 Å². The SMILES string of the molecule is COc1cc(O)cc(Cn2nc(C)c(-c3cccc(F)c3O)c(CCc3cccc(F)c3)c2=O)c1. The summed E-state index contributed by atoms with van der Waals surface area (Å²) in [5.41, 5.74) is 2.07. The smallest absolute Gasteiger partial charge is 0.270 e. The molecule has 4 aromatic rings. The quantitative estimate of drug-likeness (QED) is 0.401. The maximum atomic E-state index is 14.2. The number of aryl methyl sites for hydroxylation is 2. The zero-order valence-electron chi connectivity index (χ0n) is 19.3. The Morgan fingerprint density at radius 1 is 0.971 bits per heavy atom. The summed E-state index contributed by atoms with van der Waals surface area (Å²) in [5, 5.41) is 24.8. The second kappa shape index (κ2) is 9.97. The summed E-state index contributed by atoms with van der Waals surface area (Å²) in [6.07, 6.45) is 0.555. The number of para-hydroxylation sites is 1. The number of halogens is 2. The molecule has 0 unspecified atom stereocenters. The minimum absolute atomic E-state index is 0.0169. The Morgan fingerprint density at radius 3 is 2.49 bits per heavy atom. The molecule has 0 radical (unpaired) electrons. The largest absolute Gasteiger partial charge is 0.508 e. The molecular formula is C27H24F2N2O4. The highest BCUT2D eigenvalue weighted by atomic mass is 19.1. The molecule has 2 N–H and O–H groups in total. The van der Waals surface area contributed by atoms with Crippen LogP contribution < -0.4 is 10.3 Å². The van der Waals surface area contributed by atoms with Crippen molar-refractivity contribution in [3.63, 3.8) is 0 Å². The molecule has 0 saturated carbocycles. The van der Waals surface area contributed by atoms with Gasteiger partial charge in [-0.2, -0.15) is 5.10 Å². The minimum Gasteiger partial charge on any atom is -0.508 e. The Balaban J connectivity index is 1.83. The normalized spacial score (nSPS) is 11.0. The number of ether oxygens (including phenoxy) is 1. The van der Waals surface area contributed by atoms with Gasteiger partial charge in [-0.15, -0.1) is 0 Å². The van der Waals surface area contributed by atoms with Crippen molar-refractivity contribution in [3.8, 4) is 28.4 Å². The van der Waals surface area contributed by atoms with Gasteiger partial charge in [0, 0.05) is 22.8 Å². The molecule has 3 aromatic carbocycles. The molecule has 0 saturated heterocycles. The Morgan fingerprint density at radius 2 is 1.74 bits per heavy atom. The summed E-state index contributed by atoms with van der Waals surface area (Å²) in [5.74, 6) is -1.35. The third kappa shape index (κ3) is 5.16. The molecule has 0 fully saturated rings. The summed E-state index contributed by atoms with van der Waals surface area (Å²) in [6, 6.07) is 14.8. The van der Waals surface area contributed by atoms with Crippen LogP contribution in [-0.4, -0.2) is 27.1 Å². The van der Waals surface area contributed by atoms with Crippen molar-refractivity contribution in [1.82, 2.24) is 9.78 Å². The molecule has 6 nitrogen and oxygen atoms in total. The second-order valence-electron chi connectivity index (χ2n) is 8.21. The van der Waals surface area contributed by atoms with E-state index in [9.17, 15) is 23.8 Å². The van der Waals surface area contributed by atoms with Crippen molar-refractivity contribution in [2.24, 2.45) is 0 Å². The van der Waals surface area contributed by atoms with Gasteiger partial charge >= 0.3 is 0 Å². The molecule has 1 heterocycles. The number of methoxy groups -OCH3 is 1. The highest BCUT2D eigenvalue weighted by Crippen LogP contribution is 2.34. The van der Waals surface area contributed by atoms with E-state index in [0.29, 0.717) is 40.1 Å². The molecule has 1 aromatic heterocycles. The first-order valence-electron chi connectivity index (χ1n) is 11.0. The zero-order valence-corrected chi connectivity index (χ0v) is 19.3. The van der Waals surface area contributed by atoms with Crippen LogP contribution in [0.15, 0.2) is 65.5 Å². The lowest BCUT2D eigenvalue weighted by Gasteiger charge is -2.17. The lowest BCUT2D eigenvalue weighted by atomic mass is 9.94. The summed E-state index contributed by atoms with van der Waals surface area (Å²) in [7, 11) is 1.47. The number of nitrogens with zero attached hydrogens (tertiary/aromatic N) is 2. The molecule has 0 atom stereocenters. The molecular weight excluding hydrogens is 454 g/mol. The number of aromatic nitrogens is 2. The molecule has 180 valence electrons. The third-order valence-corrected chi connectivity index (χ3v) is 5.75. The first kappa shape index (κ1) is 23.9. The van der Waals surface area contributed by atoms with E-state index < -0.39 is 17.1 Å². The Bertz CT molecular complexity index is 1450. The first-order chi connectivity index (χ1) is 16.8. The number of hydrogen-bond acceptors (Lipinski definition) is 5. The topological polar surface area (TPSA) is 84.6 Å². The number of phenolic OH excluding ortho intramolecular Hbond substituents is 2. The molecule has 35 heavy (non-hydrogen) atoms. The molecule has 4 rings (SSSR count). The van der Waals surface area contributed by atoms with Gasteiger partial charge in [-0.1, -0.05) is 24.3 Å². The lowest BCUT2D eigenvalue weighted by Crippen LogP contribution is -2.29. The monoisotopic (exact) mass is 478 g/mol. The molecule has 0 amide bonds. The number of aromatic hydroxyl groups is 2. The van der Waals surface area contributed by atoms with Gasteiger partial charge in [-0.3, -0.25) is 4.79 Å². The van der Waals surface area contributed by atoms with Crippen LogP contribution in [0.1, 0.15) is 22.4 Å². The minimum atomic E-state index is -0.811. The van der Waals surface area contributed by atoms with E-state index in [1.165, 1.54) is 48.2 Å². The third-order valence-electron chi connectivity index (χ3n) is 5.75. The van der Waals surface area contributed by atoms with Gasteiger partial charge < -0.3 is 14.9 Å². The fraction of sp³-hybridized carbons (Fsp3) is 0.185. The fourth-order valence-corrected chi connectivity index (χ4v) is 4.16. The van der Waals surface area contributed by atoms with Crippen LogP contribution in [0.5, 0.6) is 17.2 Å². The van der Waals surface area contributed by atoms with E-state index in [1.54, 1.807) is 25.1 Å². The van der Waals surface area contributed by atoms with Crippen molar-refractivity contribution in [1.29, 1.82) is 0 Å². The van der Waals surface area contributed by atoms with Crippen LogP contribution in [0, 0.1) is 18.6 Å². The predicted octanol–water partition coefficient (Wildman–Crippen LogP) is 4.75. The highest BCUT2D eigenvalue weighted by molar-refractivity contribution is 5.74. The van der Waals surface area contributed by atoms with Crippen molar-refractivity contribution in [3.05, 3.63) is 105 Å². The maximum Gasteiger partial charge on any atom is 0.270 e. The van der Waals surface area contributed by atoms with E-state index in [-0.39, 0.29) is 30.1 Å². The fourth-order valence-electron chi connectivity index (χ4n) is 4.16. The van der Waals surface area contributed by atoms with Gasteiger partial charge in [0.05, 0.1) is 19.3 Å². The average molecular weight is 478 g/mol. The standard InChI is InChI=1S/C27H24F2N2O4/c1-16-25(22-7-4-8-24(29)26(22)33)23(10-9-17-5-3-6-19(28)11-17)27(34)31(30-16)15-18-12-20(32)14-21(13-18)35-2/h3-8,11-14,32-33H,9-10,15H2,1-2H3. The van der Waals surface area contributed by atoms with E-state index in [2.05, 4.69) is 5.10 Å². The van der Waals surface area contributed by atoms with E-state index in [4.69, 9.17) is 4.74 Å². The molecule has 0 aliphatic carbocycles. The Kier molecular flexibility index (Phi) is 6.82. The van der Waals surface area contributed by atoms with Crippen molar-refractivity contribution < 1.29 is 23.7 Å². The van der Waals surface area contributed by atoms with Gasteiger partial charge in [-0.05, 0) is 61.2 Å². The van der Waals surface area contributed by atoms with E-state index in [1.807, 2.05) is 0 Å². The lowest BCUT2D eigenvalue weighted by molar-refractivity contribution is 0.406. The maximum absolute atomic E-state index is 14.2. The van der Waals surface area contributed by atoms with Gasteiger partial charge in [0.1, 0.15) is 17.3 Å². The van der Waals surface area contributed by atoms with Crippen LogP contribution >= 0.6 is 0 Å². The van der Waals surface area contributed by atoms with Crippen molar-refractivity contribution in [2.75, 3.05) is 7.11 Å². The molecule has 0 aliphatic heterocycles. The first-order valence-corrected chi connectivity index (χ1v) is 11.0. The number of rotatable bonds is 7. The van der Waals surface area contributed by atoms with Crippen LogP contribution in [-0.2, 0) is 19.4 Å². The van der Waals surface area contributed by atoms with Crippen molar-refractivity contribution in [2.45, 2.75) is 26.3 Å². The van der Waals surface area contributed by atoms with Crippen LogP contribution in [0.3, 0.4) is 0 Å². The van der Waals surface area contributed by atoms with Crippen molar-refractivity contribution >= 4 is 0 Å². The second-order valence-corrected chi connectivity index (χ2v) is 8.21. The Labute approximate surface area is 200 Å². The molecule has 0 aliphatic rings. The van der Waals surface area contributed by atoms with Gasteiger partial charge in [-0.25, -0.2) is 13.5 Å².